The number of likely N-dealkylation sites (tertiary alicyclic amines) is 1. The van der Waals surface area contributed by atoms with Crippen molar-refractivity contribution in [1.29, 1.82) is 5.26 Å². The molecule has 4 heterocycles. The van der Waals surface area contributed by atoms with Crippen LogP contribution in [0.15, 0.2) is 40.3 Å². The third kappa shape index (κ3) is 3.18. The van der Waals surface area contributed by atoms with Gasteiger partial charge in [0.25, 0.3) is 0 Å². The Morgan fingerprint density at radius 2 is 2.19 bits per heavy atom. The molecule has 31 heavy (non-hydrogen) atoms. The van der Waals surface area contributed by atoms with E-state index in [-0.39, 0.29) is 18.3 Å². The number of ether oxygens (including phenoxy) is 1. The molecule has 1 aromatic carbocycles. The number of carbonyl (C=O) groups is 1. The maximum atomic E-state index is 12.9. The SMILES string of the molecule is Cc1[nH]nc2c1C(c1cn(CC(=O)N3CCCC3)c3ccc(Br)cc13)C(C#N)=C(N)O2. The Labute approximate surface area is 187 Å². The van der Waals surface area contributed by atoms with Crippen molar-refractivity contribution in [1.82, 2.24) is 19.7 Å². The van der Waals surface area contributed by atoms with Crippen LogP contribution in [-0.2, 0) is 11.3 Å². The molecule has 0 bridgehead atoms. The van der Waals surface area contributed by atoms with Crippen LogP contribution in [0.3, 0.4) is 0 Å². The van der Waals surface area contributed by atoms with E-state index in [9.17, 15) is 10.1 Å². The minimum atomic E-state index is -0.438. The molecular weight excluding hydrogens is 460 g/mol. The quantitative estimate of drug-likeness (QED) is 0.596. The molecule has 0 saturated carbocycles. The molecule has 1 unspecified atom stereocenters. The smallest absolute Gasteiger partial charge is 0.244 e. The average molecular weight is 481 g/mol. The van der Waals surface area contributed by atoms with Crippen LogP contribution < -0.4 is 10.5 Å². The number of benzene rings is 1. The summed E-state index contributed by atoms with van der Waals surface area (Å²) in [5.41, 5.74) is 9.84. The van der Waals surface area contributed by atoms with Crippen LogP contribution in [0.5, 0.6) is 5.88 Å². The largest absolute Gasteiger partial charge is 0.420 e. The van der Waals surface area contributed by atoms with Gasteiger partial charge < -0.3 is 19.9 Å². The summed E-state index contributed by atoms with van der Waals surface area (Å²) in [6, 6.07) is 8.18. The van der Waals surface area contributed by atoms with Crippen LogP contribution in [0.25, 0.3) is 10.9 Å². The summed E-state index contributed by atoms with van der Waals surface area (Å²) in [4.78, 5) is 14.8. The summed E-state index contributed by atoms with van der Waals surface area (Å²) in [5.74, 6) is 0.0950. The van der Waals surface area contributed by atoms with Crippen LogP contribution in [-0.4, -0.2) is 38.7 Å². The van der Waals surface area contributed by atoms with E-state index in [0.717, 1.165) is 58.1 Å². The van der Waals surface area contributed by atoms with Crippen molar-refractivity contribution in [3.63, 3.8) is 0 Å². The number of aromatic amines is 1. The van der Waals surface area contributed by atoms with Crippen molar-refractivity contribution < 1.29 is 9.53 Å². The molecule has 2 aliphatic rings. The fourth-order valence-corrected chi connectivity index (χ4v) is 4.94. The van der Waals surface area contributed by atoms with E-state index in [1.165, 1.54) is 0 Å². The number of hydrogen-bond donors (Lipinski definition) is 2. The van der Waals surface area contributed by atoms with E-state index >= 15 is 0 Å². The maximum Gasteiger partial charge on any atom is 0.244 e. The fourth-order valence-electron chi connectivity index (χ4n) is 4.58. The summed E-state index contributed by atoms with van der Waals surface area (Å²) >= 11 is 3.56. The third-order valence-corrected chi connectivity index (χ3v) is 6.57. The topological polar surface area (TPSA) is 113 Å². The zero-order valence-corrected chi connectivity index (χ0v) is 18.6. The Bertz CT molecular complexity index is 1280. The lowest BCUT2D eigenvalue weighted by molar-refractivity contribution is -0.130. The number of H-pyrrole nitrogens is 1. The van der Waals surface area contributed by atoms with Gasteiger partial charge in [-0.25, -0.2) is 0 Å². The van der Waals surface area contributed by atoms with E-state index < -0.39 is 5.92 Å². The van der Waals surface area contributed by atoms with Crippen LogP contribution in [0.1, 0.15) is 35.6 Å². The third-order valence-electron chi connectivity index (χ3n) is 6.08. The lowest BCUT2D eigenvalue weighted by Crippen LogP contribution is -2.30. The Morgan fingerprint density at radius 3 is 2.94 bits per heavy atom. The summed E-state index contributed by atoms with van der Waals surface area (Å²) in [6.07, 6.45) is 4.06. The number of carbonyl (C=O) groups excluding carboxylic acids is 1. The molecule has 1 amide bonds. The second-order valence-electron chi connectivity index (χ2n) is 7.95. The van der Waals surface area contributed by atoms with Gasteiger partial charge in [0.2, 0.25) is 17.7 Å². The molecule has 2 aliphatic heterocycles. The number of amides is 1. The summed E-state index contributed by atoms with van der Waals surface area (Å²) < 4.78 is 8.48. The van der Waals surface area contributed by atoms with Gasteiger partial charge in [0.05, 0.1) is 5.92 Å². The monoisotopic (exact) mass is 480 g/mol. The number of nitrogens with zero attached hydrogens (tertiary/aromatic N) is 4. The van der Waals surface area contributed by atoms with Crippen LogP contribution in [0.4, 0.5) is 0 Å². The molecule has 1 atom stereocenters. The number of rotatable bonds is 3. The molecule has 2 aromatic heterocycles. The first-order valence-electron chi connectivity index (χ1n) is 10.2. The van der Waals surface area contributed by atoms with E-state index in [1.54, 1.807) is 0 Å². The highest BCUT2D eigenvalue weighted by molar-refractivity contribution is 9.10. The summed E-state index contributed by atoms with van der Waals surface area (Å²) in [5, 5.41) is 18.0. The number of allylic oxidation sites excluding steroid dienone is 1. The minimum absolute atomic E-state index is 0.0514. The Kier molecular flexibility index (Phi) is 4.74. The highest BCUT2D eigenvalue weighted by Gasteiger charge is 2.36. The molecule has 0 aliphatic carbocycles. The van der Waals surface area contributed by atoms with Gasteiger partial charge in [0.15, 0.2) is 0 Å². The molecule has 9 heteroatoms. The number of fused-ring (bicyclic) bond motifs is 2. The molecule has 8 nitrogen and oxygen atoms in total. The van der Waals surface area contributed by atoms with Gasteiger partial charge in [-0.2, -0.15) is 5.26 Å². The van der Waals surface area contributed by atoms with Gasteiger partial charge in [-0.05, 0) is 43.5 Å². The van der Waals surface area contributed by atoms with Gasteiger partial charge in [0.1, 0.15) is 18.2 Å². The molecule has 5 rings (SSSR count). The van der Waals surface area contributed by atoms with Crippen molar-refractivity contribution >= 4 is 32.7 Å². The number of hydrogen-bond acceptors (Lipinski definition) is 5. The Balaban J connectivity index is 1.68. The van der Waals surface area contributed by atoms with Crippen LogP contribution in [0.2, 0.25) is 0 Å². The molecule has 1 fully saturated rings. The zero-order valence-electron chi connectivity index (χ0n) is 17.0. The molecule has 0 radical (unpaired) electrons. The van der Waals surface area contributed by atoms with Gasteiger partial charge in [-0.1, -0.05) is 15.9 Å². The van der Waals surface area contributed by atoms with E-state index in [2.05, 4.69) is 32.2 Å². The average Bonchev–Trinajstić information content (AvgIpc) is 3.47. The predicted octanol–water partition coefficient (Wildman–Crippen LogP) is 3.28. The van der Waals surface area contributed by atoms with Crippen molar-refractivity contribution in [2.45, 2.75) is 32.2 Å². The highest BCUT2D eigenvalue weighted by atomic mass is 79.9. The lowest BCUT2D eigenvalue weighted by Gasteiger charge is -2.23. The molecule has 3 aromatic rings. The second kappa shape index (κ2) is 7.46. The zero-order chi connectivity index (χ0) is 21.7. The number of aromatic nitrogens is 3. The van der Waals surface area contributed by atoms with Crippen molar-refractivity contribution in [3.05, 3.63) is 57.1 Å². The van der Waals surface area contributed by atoms with Crippen LogP contribution >= 0.6 is 15.9 Å². The van der Waals surface area contributed by atoms with Crippen LogP contribution in [0, 0.1) is 18.3 Å². The van der Waals surface area contributed by atoms with Gasteiger partial charge in [-0.15, -0.1) is 5.10 Å². The number of nitriles is 1. The van der Waals surface area contributed by atoms with Gasteiger partial charge in [0, 0.05) is 45.9 Å². The second-order valence-corrected chi connectivity index (χ2v) is 8.87. The number of halogens is 1. The Morgan fingerprint density at radius 1 is 1.42 bits per heavy atom. The summed E-state index contributed by atoms with van der Waals surface area (Å²) in [7, 11) is 0. The normalized spacial score (nSPS) is 18.2. The van der Waals surface area contributed by atoms with E-state index in [0.29, 0.717) is 11.5 Å². The molecule has 3 N–H and O–H groups in total. The number of nitrogens with two attached hydrogens (primary N) is 1. The minimum Gasteiger partial charge on any atom is -0.420 e. The van der Waals surface area contributed by atoms with E-state index in [4.69, 9.17) is 10.5 Å². The van der Waals surface area contributed by atoms with Crippen molar-refractivity contribution in [2.24, 2.45) is 5.73 Å². The standard InChI is InChI=1S/C22H21BrN6O2/c1-12-19-20(15(9-24)21(25)31-22(19)27-26-12)16-10-29(11-18(30)28-6-2-3-7-28)17-5-4-13(23)8-14(16)17/h4-5,8,10,20H,2-3,6-7,11,25H2,1H3,(H,26,27). The van der Waals surface area contributed by atoms with E-state index in [1.807, 2.05) is 40.8 Å². The first-order chi connectivity index (χ1) is 15.0. The number of nitrogens with one attached hydrogen (secondary N) is 1. The van der Waals surface area contributed by atoms with Gasteiger partial charge in [-0.3, -0.25) is 9.89 Å². The fraction of sp³-hybridized carbons (Fsp3) is 0.318. The highest BCUT2D eigenvalue weighted by Crippen LogP contribution is 2.45. The lowest BCUT2D eigenvalue weighted by atomic mass is 9.84. The maximum absolute atomic E-state index is 12.9. The first-order valence-corrected chi connectivity index (χ1v) is 11.0. The Hall–Kier alpha value is -3.25. The number of aryl methyl sites for hydroxylation is 1. The molecule has 0 spiro atoms. The molecule has 158 valence electrons. The molecular formula is C22H21BrN6O2. The van der Waals surface area contributed by atoms with Crippen molar-refractivity contribution in [3.8, 4) is 11.9 Å². The first kappa shape index (κ1) is 19.7. The van der Waals surface area contributed by atoms with Gasteiger partial charge >= 0.3 is 0 Å². The van der Waals surface area contributed by atoms with Crippen molar-refractivity contribution in [2.75, 3.05) is 13.1 Å². The molecule has 1 saturated heterocycles. The predicted molar refractivity (Wildman–Crippen MR) is 118 cm³/mol. The summed E-state index contributed by atoms with van der Waals surface area (Å²) in [6.45, 7) is 3.77.